The van der Waals surface area contributed by atoms with Gasteiger partial charge in [-0.3, -0.25) is 9.59 Å². The van der Waals surface area contributed by atoms with E-state index in [1.165, 1.54) is 17.0 Å². The van der Waals surface area contributed by atoms with Gasteiger partial charge in [0.2, 0.25) is 5.78 Å². The van der Waals surface area contributed by atoms with E-state index < -0.39 is 18.1 Å². The van der Waals surface area contributed by atoms with Crippen molar-refractivity contribution in [3.05, 3.63) is 24.3 Å². The molecule has 0 saturated carbocycles. The first kappa shape index (κ1) is 12.4. The van der Waals surface area contributed by atoms with Crippen LogP contribution in [-0.2, 0) is 9.59 Å². The minimum absolute atomic E-state index is 0.125. The number of benzene rings is 1. The summed E-state index contributed by atoms with van der Waals surface area (Å²) in [5, 5.41) is 0. The fourth-order valence-electron chi connectivity index (χ4n) is 1.65. The molecule has 0 spiro atoms. The number of Topliss-reactive ketones (excluding diaryl/α,β-unsaturated/α-hetero) is 1. The van der Waals surface area contributed by atoms with Crippen LogP contribution in [0.5, 0.6) is 5.75 Å². The second-order valence-electron chi connectivity index (χ2n) is 3.67. The van der Waals surface area contributed by atoms with E-state index in [-0.39, 0.29) is 18.7 Å². The van der Waals surface area contributed by atoms with Gasteiger partial charge in [-0.25, -0.2) is 0 Å². The van der Waals surface area contributed by atoms with Crippen LogP contribution in [-0.4, -0.2) is 24.6 Å². The molecule has 0 aliphatic carbocycles. The molecule has 1 aliphatic heterocycles. The van der Waals surface area contributed by atoms with Gasteiger partial charge in [0.05, 0.1) is 0 Å². The van der Waals surface area contributed by atoms with E-state index in [1.54, 1.807) is 0 Å². The lowest BCUT2D eigenvalue weighted by Gasteiger charge is -2.15. The highest BCUT2D eigenvalue weighted by atomic mass is 19.4. The van der Waals surface area contributed by atoms with Crippen LogP contribution in [0.15, 0.2) is 24.3 Å². The molecule has 7 heteroatoms. The van der Waals surface area contributed by atoms with Gasteiger partial charge in [0, 0.05) is 18.7 Å². The summed E-state index contributed by atoms with van der Waals surface area (Å²) in [4.78, 5) is 23.7. The molecule has 0 bridgehead atoms. The standard InChI is InChI=1S/C11H8F3NO3/c12-11(13,14)18-8-3-1-7(2-4-8)15-6-5-9(16)10(15)17/h1-4H,5-6H2. The van der Waals surface area contributed by atoms with Crippen LogP contribution in [0.2, 0.25) is 0 Å². The maximum absolute atomic E-state index is 11.9. The summed E-state index contributed by atoms with van der Waals surface area (Å²) >= 11 is 0. The van der Waals surface area contributed by atoms with Crippen molar-refractivity contribution in [2.45, 2.75) is 12.8 Å². The van der Waals surface area contributed by atoms with Gasteiger partial charge in [-0.05, 0) is 24.3 Å². The van der Waals surface area contributed by atoms with Crippen LogP contribution in [0, 0.1) is 0 Å². The molecule has 1 aromatic rings. The van der Waals surface area contributed by atoms with Gasteiger partial charge in [0.1, 0.15) is 5.75 Å². The normalized spacial score (nSPS) is 16.3. The zero-order chi connectivity index (χ0) is 13.3. The Morgan fingerprint density at radius 3 is 2.17 bits per heavy atom. The van der Waals surface area contributed by atoms with Crippen LogP contribution < -0.4 is 9.64 Å². The van der Waals surface area contributed by atoms with Crippen molar-refractivity contribution in [3.63, 3.8) is 0 Å². The summed E-state index contributed by atoms with van der Waals surface area (Å²) < 4.78 is 39.5. The van der Waals surface area contributed by atoms with E-state index in [2.05, 4.69) is 4.74 Å². The van der Waals surface area contributed by atoms with Crippen molar-refractivity contribution in [1.29, 1.82) is 0 Å². The van der Waals surface area contributed by atoms with Crippen LogP contribution in [0.25, 0.3) is 0 Å². The number of ether oxygens (including phenoxy) is 1. The number of nitrogens with zero attached hydrogens (tertiary/aromatic N) is 1. The van der Waals surface area contributed by atoms with Gasteiger partial charge in [-0.1, -0.05) is 0 Å². The van der Waals surface area contributed by atoms with Crippen molar-refractivity contribution >= 4 is 17.4 Å². The van der Waals surface area contributed by atoms with Crippen molar-refractivity contribution < 1.29 is 27.5 Å². The molecule has 96 valence electrons. The Balaban J connectivity index is 2.13. The van der Waals surface area contributed by atoms with E-state index >= 15 is 0 Å². The van der Waals surface area contributed by atoms with Gasteiger partial charge in [0.25, 0.3) is 5.91 Å². The third kappa shape index (κ3) is 2.61. The molecule has 0 aromatic heterocycles. The lowest BCUT2D eigenvalue weighted by atomic mass is 10.3. The predicted octanol–water partition coefficient (Wildman–Crippen LogP) is 1.89. The third-order valence-electron chi connectivity index (χ3n) is 2.43. The Hall–Kier alpha value is -2.05. The van der Waals surface area contributed by atoms with Gasteiger partial charge < -0.3 is 9.64 Å². The average Bonchev–Trinajstić information content (AvgIpc) is 2.59. The number of halogens is 3. The number of anilines is 1. The highest BCUT2D eigenvalue weighted by Gasteiger charge is 2.32. The Morgan fingerprint density at radius 1 is 1.11 bits per heavy atom. The Bertz CT molecular complexity index is 481. The number of hydrogen-bond donors (Lipinski definition) is 0. The van der Waals surface area contributed by atoms with E-state index in [0.29, 0.717) is 5.69 Å². The molecule has 4 nitrogen and oxygen atoms in total. The summed E-state index contributed by atoms with van der Waals surface area (Å²) in [6.45, 7) is 0.247. The minimum Gasteiger partial charge on any atom is -0.406 e. The topological polar surface area (TPSA) is 46.6 Å². The number of alkyl halides is 3. The molecular weight excluding hydrogens is 251 g/mol. The Kier molecular flexibility index (Phi) is 2.98. The number of carbonyl (C=O) groups excluding carboxylic acids is 2. The molecule has 0 unspecified atom stereocenters. The Morgan fingerprint density at radius 2 is 1.72 bits per heavy atom. The van der Waals surface area contributed by atoms with Crippen molar-refractivity contribution in [2.24, 2.45) is 0 Å². The molecule has 1 amide bonds. The Labute approximate surface area is 99.9 Å². The van der Waals surface area contributed by atoms with Crippen LogP contribution >= 0.6 is 0 Å². The zero-order valence-corrected chi connectivity index (χ0v) is 9.03. The smallest absolute Gasteiger partial charge is 0.406 e. The molecule has 18 heavy (non-hydrogen) atoms. The molecule has 0 atom stereocenters. The summed E-state index contributed by atoms with van der Waals surface area (Å²) in [7, 11) is 0. The number of ketones is 1. The average molecular weight is 259 g/mol. The van der Waals surface area contributed by atoms with Gasteiger partial charge in [-0.2, -0.15) is 0 Å². The minimum atomic E-state index is -4.75. The molecule has 1 aliphatic rings. The van der Waals surface area contributed by atoms with Gasteiger partial charge in [-0.15, -0.1) is 13.2 Å². The molecular formula is C11H8F3NO3. The molecule has 0 radical (unpaired) electrons. The summed E-state index contributed by atoms with van der Waals surface area (Å²) in [6, 6.07) is 4.80. The second kappa shape index (κ2) is 4.32. The molecule has 2 rings (SSSR count). The lowest BCUT2D eigenvalue weighted by molar-refractivity contribution is -0.274. The first-order chi connectivity index (χ1) is 8.37. The van der Waals surface area contributed by atoms with E-state index in [9.17, 15) is 22.8 Å². The predicted molar refractivity (Wildman–Crippen MR) is 55.1 cm³/mol. The van der Waals surface area contributed by atoms with Crippen molar-refractivity contribution in [2.75, 3.05) is 11.4 Å². The first-order valence-electron chi connectivity index (χ1n) is 5.07. The maximum atomic E-state index is 11.9. The van der Waals surface area contributed by atoms with Crippen LogP contribution in [0.1, 0.15) is 6.42 Å². The quantitative estimate of drug-likeness (QED) is 0.762. The highest BCUT2D eigenvalue weighted by molar-refractivity contribution is 6.43. The number of hydrogen-bond acceptors (Lipinski definition) is 3. The maximum Gasteiger partial charge on any atom is 0.573 e. The van der Waals surface area contributed by atoms with E-state index in [4.69, 9.17) is 0 Å². The van der Waals surface area contributed by atoms with Crippen LogP contribution in [0.4, 0.5) is 18.9 Å². The molecule has 1 saturated heterocycles. The molecule has 0 N–H and O–H groups in total. The summed E-state index contributed by atoms with van der Waals surface area (Å²) in [5.74, 6) is -1.51. The summed E-state index contributed by atoms with van der Waals surface area (Å²) in [5.41, 5.74) is 0.375. The van der Waals surface area contributed by atoms with Crippen molar-refractivity contribution in [1.82, 2.24) is 0 Å². The SMILES string of the molecule is O=C1CCN(c2ccc(OC(F)(F)F)cc2)C1=O. The van der Waals surface area contributed by atoms with Gasteiger partial charge >= 0.3 is 6.36 Å². The fourth-order valence-corrected chi connectivity index (χ4v) is 1.65. The number of carbonyl (C=O) groups is 2. The molecule has 1 fully saturated rings. The highest BCUT2D eigenvalue weighted by Crippen LogP contribution is 2.26. The fraction of sp³-hybridized carbons (Fsp3) is 0.273. The van der Waals surface area contributed by atoms with Crippen LogP contribution in [0.3, 0.4) is 0 Å². The molecule has 1 heterocycles. The first-order valence-corrected chi connectivity index (χ1v) is 5.07. The molecule has 1 aromatic carbocycles. The van der Waals surface area contributed by atoms with Gasteiger partial charge in [0.15, 0.2) is 0 Å². The van der Waals surface area contributed by atoms with E-state index in [1.807, 2.05) is 0 Å². The second-order valence-corrected chi connectivity index (χ2v) is 3.67. The zero-order valence-electron chi connectivity index (χ0n) is 9.03. The monoisotopic (exact) mass is 259 g/mol. The lowest BCUT2D eigenvalue weighted by Crippen LogP contribution is -2.26. The largest absolute Gasteiger partial charge is 0.573 e. The van der Waals surface area contributed by atoms with E-state index in [0.717, 1.165) is 12.1 Å². The van der Waals surface area contributed by atoms with Crippen molar-refractivity contribution in [3.8, 4) is 5.75 Å². The number of amides is 1. The summed E-state index contributed by atoms with van der Waals surface area (Å²) in [6.07, 6.45) is -4.62. The number of rotatable bonds is 2. The third-order valence-corrected chi connectivity index (χ3v) is 2.43.